The molecule has 1 aliphatic rings. The largest absolute Gasteiger partial charge is 0.469 e. The molecule has 1 aliphatic carbocycles. The van der Waals surface area contributed by atoms with Crippen molar-refractivity contribution in [2.75, 3.05) is 0 Å². The van der Waals surface area contributed by atoms with Gasteiger partial charge in [0.1, 0.15) is 0 Å². The standard InChI is InChI=1S/C5H10.CHClO2/c1-2-4-5-3-1;2-1(3)4/h1-5H2;(H,3,4). The highest BCUT2D eigenvalue weighted by atomic mass is 35.5. The third-order valence-electron chi connectivity index (χ3n) is 1.25. The van der Waals surface area contributed by atoms with E-state index in [0.29, 0.717) is 0 Å². The molecule has 1 fully saturated rings. The average molecular weight is 151 g/mol. The molecule has 1 N–H and O–H groups in total. The van der Waals surface area contributed by atoms with E-state index < -0.39 is 5.43 Å². The van der Waals surface area contributed by atoms with Gasteiger partial charge in [-0.2, -0.15) is 0 Å². The molecular weight excluding hydrogens is 140 g/mol. The van der Waals surface area contributed by atoms with Crippen LogP contribution in [0.2, 0.25) is 0 Å². The summed E-state index contributed by atoms with van der Waals surface area (Å²) in [7, 11) is 0. The van der Waals surface area contributed by atoms with Crippen molar-refractivity contribution in [3.05, 3.63) is 0 Å². The molecule has 54 valence electrons. The van der Waals surface area contributed by atoms with Crippen LogP contribution in [0.5, 0.6) is 0 Å². The highest BCUT2D eigenvalue weighted by Crippen LogP contribution is 2.15. The van der Waals surface area contributed by atoms with Gasteiger partial charge in [-0.1, -0.05) is 32.1 Å². The smallest absolute Gasteiger partial charge is 0.401 e. The summed E-state index contributed by atoms with van der Waals surface area (Å²) >= 11 is 4.19. The van der Waals surface area contributed by atoms with Crippen LogP contribution in [0, 0.1) is 0 Å². The average Bonchev–Trinajstić information content (AvgIpc) is 2.11. The maximum absolute atomic E-state index is 8.77. The van der Waals surface area contributed by atoms with Crippen molar-refractivity contribution in [3.8, 4) is 0 Å². The van der Waals surface area contributed by atoms with Crippen molar-refractivity contribution < 1.29 is 9.90 Å². The summed E-state index contributed by atoms with van der Waals surface area (Å²) in [6, 6.07) is 0. The van der Waals surface area contributed by atoms with Crippen molar-refractivity contribution in [1.82, 2.24) is 0 Å². The fourth-order valence-electron chi connectivity index (χ4n) is 0.884. The Hall–Kier alpha value is -0.240. The molecule has 0 unspecified atom stereocenters. The molecule has 0 atom stereocenters. The van der Waals surface area contributed by atoms with Gasteiger partial charge in [-0.05, 0) is 0 Å². The first-order valence-electron chi connectivity index (χ1n) is 3.12. The third kappa shape index (κ3) is 11.4. The molecule has 0 aromatic rings. The lowest BCUT2D eigenvalue weighted by atomic mass is 10.4. The minimum atomic E-state index is -1.36. The van der Waals surface area contributed by atoms with Crippen LogP contribution in [-0.4, -0.2) is 10.5 Å². The molecule has 0 bridgehead atoms. The van der Waals surface area contributed by atoms with Gasteiger partial charge in [-0.15, -0.1) is 0 Å². The first-order chi connectivity index (χ1) is 4.23. The van der Waals surface area contributed by atoms with Crippen LogP contribution in [0.4, 0.5) is 4.79 Å². The van der Waals surface area contributed by atoms with Crippen molar-refractivity contribution in [1.29, 1.82) is 0 Å². The number of hydrogen-bond acceptors (Lipinski definition) is 1. The molecule has 0 spiro atoms. The molecule has 1 rings (SSSR count). The van der Waals surface area contributed by atoms with Crippen LogP contribution in [0.3, 0.4) is 0 Å². The van der Waals surface area contributed by atoms with E-state index in [1.165, 1.54) is 32.1 Å². The van der Waals surface area contributed by atoms with Gasteiger partial charge in [-0.25, -0.2) is 4.79 Å². The molecule has 0 aromatic heterocycles. The van der Waals surface area contributed by atoms with Crippen molar-refractivity contribution in [2.45, 2.75) is 32.1 Å². The Kier molecular flexibility index (Phi) is 5.73. The Bertz CT molecular complexity index is 67.5. The molecule has 1 saturated carbocycles. The van der Waals surface area contributed by atoms with Crippen molar-refractivity contribution in [2.24, 2.45) is 0 Å². The third-order valence-corrected chi connectivity index (χ3v) is 1.25. The molecule has 0 saturated heterocycles. The summed E-state index contributed by atoms with van der Waals surface area (Å²) in [5.74, 6) is 0. The quantitative estimate of drug-likeness (QED) is 0.539. The number of carbonyl (C=O) groups is 1. The number of rotatable bonds is 0. The highest BCUT2D eigenvalue weighted by molar-refractivity contribution is 6.60. The second-order valence-corrected chi connectivity index (χ2v) is 2.34. The van der Waals surface area contributed by atoms with Gasteiger partial charge >= 0.3 is 5.43 Å². The fraction of sp³-hybridized carbons (Fsp3) is 0.833. The molecule has 3 heteroatoms. The predicted molar refractivity (Wildman–Crippen MR) is 37.0 cm³/mol. The molecule has 0 aromatic carbocycles. The molecule has 0 radical (unpaired) electrons. The highest BCUT2D eigenvalue weighted by Gasteiger charge is 1.95. The molecule has 0 heterocycles. The van der Waals surface area contributed by atoms with Gasteiger partial charge in [0.05, 0.1) is 0 Å². The van der Waals surface area contributed by atoms with E-state index in [1.54, 1.807) is 0 Å². The van der Waals surface area contributed by atoms with E-state index in [2.05, 4.69) is 11.6 Å². The molecule has 0 amide bonds. The lowest BCUT2D eigenvalue weighted by Gasteiger charge is -1.67. The van der Waals surface area contributed by atoms with Gasteiger partial charge in [0.2, 0.25) is 0 Å². The maximum Gasteiger partial charge on any atom is 0.401 e. The van der Waals surface area contributed by atoms with Crippen LogP contribution in [0.1, 0.15) is 32.1 Å². The second kappa shape index (κ2) is 5.89. The zero-order valence-corrected chi connectivity index (χ0v) is 6.02. The minimum absolute atomic E-state index is 1.36. The Morgan fingerprint density at radius 1 is 1.11 bits per heavy atom. The summed E-state index contributed by atoms with van der Waals surface area (Å²) in [4.78, 5) is 8.77. The monoisotopic (exact) mass is 150 g/mol. The van der Waals surface area contributed by atoms with Gasteiger partial charge in [-0.3, -0.25) is 0 Å². The Morgan fingerprint density at radius 2 is 1.22 bits per heavy atom. The summed E-state index contributed by atoms with van der Waals surface area (Å²) in [5, 5.41) is 7.18. The first-order valence-corrected chi connectivity index (χ1v) is 3.49. The topological polar surface area (TPSA) is 37.3 Å². The summed E-state index contributed by atoms with van der Waals surface area (Å²) in [6.07, 6.45) is 7.50. The lowest BCUT2D eigenvalue weighted by Crippen LogP contribution is -1.66. The number of halogens is 1. The molecular formula is C6H11ClO2. The normalized spacial score (nSPS) is 16.1. The number of carboxylic acid groups (broad SMARTS) is 1. The minimum Gasteiger partial charge on any atom is -0.469 e. The molecule has 0 aliphatic heterocycles. The summed E-state index contributed by atoms with van der Waals surface area (Å²) < 4.78 is 0. The maximum atomic E-state index is 8.77. The zero-order valence-electron chi connectivity index (χ0n) is 5.27. The van der Waals surface area contributed by atoms with Gasteiger partial charge in [0.15, 0.2) is 0 Å². The lowest BCUT2D eigenvalue weighted by molar-refractivity contribution is 0.220. The van der Waals surface area contributed by atoms with Crippen LogP contribution < -0.4 is 0 Å². The summed E-state index contributed by atoms with van der Waals surface area (Å²) in [5.41, 5.74) is -1.36. The predicted octanol–water partition coefficient (Wildman–Crippen LogP) is 2.85. The molecule has 2 nitrogen and oxygen atoms in total. The van der Waals surface area contributed by atoms with Crippen LogP contribution in [0.25, 0.3) is 0 Å². The number of hydrogen-bond donors (Lipinski definition) is 1. The van der Waals surface area contributed by atoms with Crippen molar-refractivity contribution in [3.63, 3.8) is 0 Å². The van der Waals surface area contributed by atoms with E-state index >= 15 is 0 Å². The first kappa shape index (κ1) is 8.76. The Balaban J connectivity index is 0.000000148. The van der Waals surface area contributed by atoms with Crippen LogP contribution >= 0.6 is 11.6 Å². The van der Waals surface area contributed by atoms with E-state index in [4.69, 9.17) is 9.90 Å². The second-order valence-electron chi connectivity index (χ2n) is 2.02. The Morgan fingerprint density at radius 3 is 1.33 bits per heavy atom. The summed E-state index contributed by atoms with van der Waals surface area (Å²) in [6.45, 7) is 0. The van der Waals surface area contributed by atoms with E-state index in [1.807, 2.05) is 0 Å². The SMILES string of the molecule is C1CCCC1.O=C(O)Cl. The van der Waals surface area contributed by atoms with Crippen LogP contribution in [-0.2, 0) is 0 Å². The van der Waals surface area contributed by atoms with Crippen molar-refractivity contribution >= 4 is 17.0 Å². The van der Waals surface area contributed by atoms with E-state index in [9.17, 15) is 0 Å². The van der Waals surface area contributed by atoms with Gasteiger partial charge in [0, 0.05) is 11.6 Å². The van der Waals surface area contributed by atoms with E-state index in [0.717, 1.165) is 0 Å². The fourth-order valence-corrected chi connectivity index (χ4v) is 0.884. The van der Waals surface area contributed by atoms with Gasteiger partial charge < -0.3 is 5.11 Å². The molecule has 9 heavy (non-hydrogen) atoms. The van der Waals surface area contributed by atoms with Gasteiger partial charge in [0.25, 0.3) is 0 Å². The van der Waals surface area contributed by atoms with Crippen LogP contribution in [0.15, 0.2) is 0 Å². The van der Waals surface area contributed by atoms with E-state index in [-0.39, 0.29) is 0 Å². The Labute approximate surface area is 59.8 Å². The zero-order chi connectivity index (χ0) is 7.11.